The summed E-state index contributed by atoms with van der Waals surface area (Å²) in [7, 11) is 0.554. The first-order chi connectivity index (χ1) is 19.7. The van der Waals surface area contributed by atoms with Crippen molar-refractivity contribution >= 4 is 23.6 Å². The second-order valence-corrected chi connectivity index (χ2v) is 8.91. The van der Waals surface area contributed by atoms with Crippen molar-refractivity contribution in [3.8, 4) is 51.6 Å². The van der Waals surface area contributed by atoms with Crippen LogP contribution in [0.15, 0.2) is 126 Å². The Kier molecular flexibility index (Phi) is 8.93. The van der Waals surface area contributed by atoms with E-state index in [1.54, 1.807) is 0 Å². The minimum Gasteiger partial charge on any atom is -0.508 e. The highest BCUT2D eigenvalue weighted by molar-refractivity contribution is 9.10. The molecular formula is C30H21BBrN6O2. The molecule has 0 spiro atoms. The third-order valence-corrected chi connectivity index (χ3v) is 5.86. The van der Waals surface area contributed by atoms with E-state index in [1.807, 2.05) is 121 Å². The first-order valence-electron chi connectivity index (χ1n) is 12.2. The van der Waals surface area contributed by atoms with Crippen molar-refractivity contribution in [1.82, 2.24) is 29.9 Å². The van der Waals surface area contributed by atoms with Gasteiger partial charge in [-0.3, -0.25) is 0 Å². The Hall–Kier alpha value is -4.80. The summed E-state index contributed by atoms with van der Waals surface area (Å²) in [4.78, 5) is 26.0. The standard InChI is InChI=1S/C15H11BN3O2.C15H10BrN3/c20-16-21-15-18-13(11-7-3-1-4-8-11)17-14(19-15)12-9-5-2-6-10-12;16-15-18-13(11-7-3-1-4-8-11)17-14(19-15)12-9-5-2-6-10-12/h1-10,20H;1-10H. The van der Waals surface area contributed by atoms with Gasteiger partial charge in [-0.25, -0.2) is 19.9 Å². The summed E-state index contributed by atoms with van der Waals surface area (Å²) in [6.45, 7) is 0. The number of hydrogen-bond acceptors (Lipinski definition) is 8. The molecule has 2 heterocycles. The normalized spacial score (nSPS) is 10.2. The van der Waals surface area contributed by atoms with Gasteiger partial charge in [0.15, 0.2) is 23.3 Å². The van der Waals surface area contributed by atoms with Gasteiger partial charge < -0.3 is 9.68 Å². The fourth-order valence-electron chi connectivity index (χ4n) is 3.67. The molecule has 8 nitrogen and oxygen atoms in total. The average Bonchev–Trinajstić information content (AvgIpc) is 3.03. The summed E-state index contributed by atoms with van der Waals surface area (Å²) in [5, 5.41) is 8.79. The lowest BCUT2D eigenvalue weighted by Gasteiger charge is -2.07. The lowest BCUT2D eigenvalue weighted by Crippen LogP contribution is -2.06. The minimum atomic E-state index is 0.0465. The summed E-state index contributed by atoms with van der Waals surface area (Å²) in [5.74, 6) is 2.31. The molecule has 0 saturated carbocycles. The highest BCUT2D eigenvalue weighted by Crippen LogP contribution is 2.23. The van der Waals surface area contributed by atoms with Gasteiger partial charge in [-0.05, 0) is 15.9 Å². The van der Waals surface area contributed by atoms with Crippen LogP contribution in [0.25, 0.3) is 45.6 Å². The van der Waals surface area contributed by atoms with Crippen molar-refractivity contribution in [2.75, 3.05) is 0 Å². The number of nitrogens with zero attached hydrogens (tertiary/aromatic N) is 6. The maximum absolute atomic E-state index is 8.79. The molecule has 193 valence electrons. The minimum absolute atomic E-state index is 0.0465. The second kappa shape index (κ2) is 13.3. The summed E-state index contributed by atoms with van der Waals surface area (Å²) in [5.41, 5.74) is 3.64. The molecule has 4 aromatic carbocycles. The van der Waals surface area contributed by atoms with Crippen LogP contribution >= 0.6 is 15.9 Å². The Bertz CT molecular complexity index is 1550. The van der Waals surface area contributed by atoms with Crippen LogP contribution < -0.4 is 4.65 Å². The molecule has 0 aliphatic rings. The fourth-order valence-corrected chi connectivity index (χ4v) is 4.01. The van der Waals surface area contributed by atoms with E-state index in [9.17, 15) is 0 Å². The van der Waals surface area contributed by atoms with Gasteiger partial charge in [-0.2, -0.15) is 9.97 Å². The Morgan fingerprint density at radius 3 is 1.05 bits per heavy atom. The molecule has 2 aromatic heterocycles. The third kappa shape index (κ3) is 6.99. The summed E-state index contributed by atoms with van der Waals surface area (Å²) >= 11 is 3.35. The molecule has 0 bridgehead atoms. The molecule has 0 aliphatic carbocycles. The maximum Gasteiger partial charge on any atom is 0.571 e. The van der Waals surface area contributed by atoms with E-state index in [0.717, 1.165) is 22.3 Å². The predicted molar refractivity (Wildman–Crippen MR) is 158 cm³/mol. The number of benzene rings is 4. The highest BCUT2D eigenvalue weighted by atomic mass is 79.9. The van der Waals surface area contributed by atoms with Gasteiger partial charge in [0.05, 0.1) is 0 Å². The van der Waals surface area contributed by atoms with Crippen molar-refractivity contribution in [2.24, 2.45) is 0 Å². The lowest BCUT2D eigenvalue weighted by atomic mass is 10.2. The lowest BCUT2D eigenvalue weighted by molar-refractivity contribution is 0.430. The van der Waals surface area contributed by atoms with E-state index >= 15 is 0 Å². The quantitative estimate of drug-likeness (QED) is 0.234. The first-order valence-corrected chi connectivity index (χ1v) is 13.0. The topological polar surface area (TPSA) is 107 Å². The highest BCUT2D eigenvalue weighted by Gasteiger charge is 2.11. The van der Waals surface area contributed by atoms with E-state index in [0.29, 0.717) is 35.7 Å². The maximum atomic E-state index is 8.79. The number of rotatable bonds is 6. The van der Waals surface area contributed by atoms with Crippen LogP contribution in [0.3, 0.4) is 0 Å². The Balaban J connectivity index is 0.000000162. The molecule has 40 heavy (non-hydrogen) atoms. The van der Waals surface area contributed by atoms with E-state index in [4.69, 9.17) is 9.68 Å². The van der Waals surface area contributed by atoms with E-state index in [2.05, 4.69) is 45.8 Å². The zero-order valence-electron chi connectivity index (χ0n) is 21.0. The van der Waals surface area contributed by atoms with Crippen LogP contribution in [0.2, 0.25) is 0 Å². The molecular weight excluding hydrogens is 567 g/mol. The average molecular weight is 588 g/mol. The van der Waals surface area contributed by atoms with Crippen molar-refractivity contribution in [1.29, 1.82) is 0 Å². The van der Waals surface area contributed by atoms with Crippen LogP contribution in [0.4, 0.5) is 0 Å². The van der Waals surface area contributed by atoms with Gasteiger partial charge in [-0.15, -0.1) is 0 Å². The largest absolute Gasteiger partial charge is 0.571 e. The van der Waals surface area contributed by atoms with Crippen LogP contribution in [-0.4, -0.2) is 42.6 Å². The van der Waals surface area contributed by atoms with Gasteiger partial charge in [-0.1, -0.05) is 121 Å². The van der Waals surface area contributed by atoms with Crippen molar-refractivity contribution in [3.05, 3.63) is 126 Å². The van der Waals surface area contributed by atoms with Gasteiger partial charge in [0.2, 0.25) is 4.73 Å². The molecule has 10 heteroatoms. The van der Waals surface area contributed by atoms with Crippen LogP contribution in [-0.2, 0) is 0 Å². The smallest absolute Gasteiger partial charge is 0.508 e. The molecule has 0 unspecified atom stereocenters. The summed E-state index contributed by atoms with van der Waals surface area (Å²) < 4.78 is 5.44. The molecule has 6 rings (SSSR count). The zero-order chi connectivity index (χ0) is 27.6. The fraction of sp³-hybridized carbons (Fsp3) is 0. The molecule has 0 fully saturated rings. The number of aromatic nitrogens is 6. The van der Waals surface area contributed by atoms with Crippen LogP contribution in [0.5, 0.6) is 6.01 Å². The first kappa shape index (κ1) is 26.8. The molecule has 0 aliphatic heterocycles. The Morgan fingerprint density at radius 1 is 0.450 bits per heavy atom. The van der Waals surface area contributed by atoms with Gasteiger partial charge in [0.1, 0.15) is 0 Å². The van der Waals surface area contributed by atoms with Gasteiger partial charge >= 0.3 is 13.7 Å². The summed E-state index contributed by atoms with van der Waals surface area (Å²) in [6.07, 6.45) is 0. The van der Waals surface area contributed by atoms with Crippen LogP contribution in [0, 0.1) is 0 Å². The van der Waals surface area contributed by atoms with E-state index < -0.39 is 0 Å². The molecule has 0 atom stereocenters. The molecule has 1 N–H and O–H groups in total. The number of hydrogen-bond donors (Lipinski definition) is 1. The summed E-state index contributed by atoms with van der Waals surface area (Å²) in [6, 6.07) is 38.8. The monoisotopic (exact) mass is 587 g/mol. The van der Waals surface area contributed by atoms with Gasteiger partial charge in [0, 0.05) is 22.3 Å². The predicted octanol–water partition coefficient (Wildman–Crippen LogP) is 6.08. The molecule has 6 aromatic rings. The SMILES string of the molecule is Brc1nc(-c2ccccc2)nc(-c2ccccc2)n1.O[B]Oc1nc(-c2ccccc2)nc(-c2ccccc2)n1. The van der Waals surface area contributed by atoms with Gasteiger partial charge in [0.25, 0.3) is 0 Å². The zero-order valence-corrected chi connectivity index (χ0v) is 22.6. The Labute approximate surface area is 240 Å². The van der Waals surface area contributed by atoms with E-state index in [-0.39, 0.29) is 6.01 Å². The molecule has 0 saturated heterocycles. The van der Waals surface area contributed by atoms with Crippen molar-refractivity contribution in [2.45, 2.75) is 0 Å². The molecule has 0 amide bonds. The van der Waals surface area contributed by atoms with Crippen molar-refractivity contribution < 1.29 is 9.68 Å². The second-order valence-electron chi connectivity index (χ2n) is 8.20. The Morgan fingerprint density at radius 2 is 0.750 bits per heavy atom. The molecule has 1 radical (unpaired) electrons. The van der Waals surface area contributed by atoms with Crippen LogP contribution in [0.1, 0.15) is 0 Å². The number of halogens is 1. The van der Waals surface area contributed by atoms with Crippen molar-refractivity contribution in [3.63, 3.8) is 0 Å². The van der Waals surface area contributed by atoms with E-state index in [1.165, 1.54) is 0 Å². The third-order valence-electron chi connectivity index (χ3n) is 5.51.